The number of rotatable bonds is 12. The topological polar surface area (TPSA) is 24.5 Å². The molecule has 1 fully saturated rings. The summed E-state index contributed by atoms with van der Waals surface area (Å²) in [5.41, 5.74) is 0. The summed E-state index contributed by atoms with van der Waals surface area (Å²) in [5, 5.41) is 3.51. The van der Waals surface area contributed by atoms with E-state index in [9.17, 15) is 0 Å². The zero-order valence-electron chi connectivity index (χ0n) is 13.1. The van der Waals surface area contributed by atoms with Crippen LogP contribution in [0.25, 0.3) is 0 Å². The Bertz CT molecular complexity index is 199. The summed E-state index contributed by atoms with van der Waals surface area (Å²) >= 11 is 0. The molecule has 114 valence electrons. The molecule has 3 nitrogen and oxygen atoms in total. The highest BCUT2D eigenvalue weighted by atomic mass is 16.5. The Morgan fingerprint density at radius 3 is 2.74 bits per heavy atom. The summed E-state index contributed by atoms with van der Waals surface area (Å²) in [6, 6.07) is 0.771. The fraction of sp³-hybridized carbons (Fsp3) is 1.00. The van der Waals surface area contributed by atoms with E-state index in [0.717, 1.165) is 25.7 Å². The molecule has 1 saturated heterocycles. The second kappa shape index (κ2) is 11.7. The molecule has 1 aliphatic rings. The molecular weight excluding hydrogens is 236 g/mol. The first-order valence-corrected chi connectivity index (χ1v) is 8.32. The maximum atomic E-state index is 5.07. The highest BCUT2D eigenvalue weighted by Crippen LogP contribution is 2.17. The second-order valence-corrected chi connectivity index (χ2v) is 5.80. The summed E-state index contributed by atoms with van der Waals surface area (Å²) in [5.74, 6) is 0. The lowest BCUT2D eigenvalue weighted by molar-refractivity contribution is 0.191. The Morgan fingerprint density at radius 2 is 1.95 bits per heavy atom. The highest BCUT2D eigenvalue weighted by Gasteiger charge is 2.22. The first-order valence-electron chi connectivity index (χ1n) is 8.32. The van der Waals surface area contributed by atoms with E-state index >= 15 is 0 Å². The van der Waals surface area contributed by atoms with Gasteiger partial charge in [0.25, 0.3) is 0 Å². The van der Waals surface area contributed by atoms with Gasteiger partial charge in [-0.3, -0.25) is 4.90 Å². The maximum absolute atomic E-state index is 5.07. The zero-order valence-corrected chi connectivity index (χ0v) is 13.1. The van der Waals surface area contributed by atoms with Crippen LogP contribution in [0, 0.1) is 0 Å². The van der Waals surface area contributed by atoms with Gasteiger partial charge in [-0.25, -0.2) is 0 Å². The van der Waals surface area contributed by atoms with Gasteiger partial charge in [0.15, 0.2) is 0 Å². The number of hydrogen-bond acceptors (Lipinski definition) is 3. The smallest absolute Gasteiger partial charge is 0.0587 e. The van der Waals surface area contributed by atoms with Crippen molar-refractivity contribution in [3.63, 3.8) is 0 Å². The van der Waals surface area contributed by atoms with Gasteiger partial charge in [0.2, 0.25) is 0 Å². The van der Waals surface area contributed by atoms with Gasteiger partial charge in [0, 0.05) is 26.2 Å². The van der Waals surface area contributed by atoms with Crippen molar-refractivity contribution in [2.75, 3.05) is 39.9 Å². The number of nitrogens with one attached hydrogen (secondary N) is 1. The van der Waals surface area contributed by atoms with Crippen LogP contribution in [-0.4, -0.2) is 50.8 Å². The first-order chi connectivity index (χ1) is 9.38. The van der Waals surface area contributed by atoms with E-state index < -0.39 is 0 Å². The third-order valence-corrected chi connectivity index (χ3v) is 4.16. The van der Waals surface area contributed by atoms with Crippen LogP contribution in [0.4, 0.5) is 0 Å². The number of methoxy groups -OCH3 is 1. The Hall–Kier alpha value is -0.120. The highest BCUT2D eigenvalue weighted by molar-refractivity contribution is 4.80. The molecule has 0 spiro atoms. The van der Waals surface area contributed by atoms with Crippen molar-refractivity contribution in [3.05, 3.63) is 0 Å². The Balaban J connectivity index is 2.00. The Kier molecular flexibility index (Phi) is 10.4. The molecule has 0 bridgehead atoms. The molecule has 0 aliphatic carbocycles. The molecule has 1 aliphatic heterocycles. The van der Waals surface area contributed by atoms with Crippen molar-refractivity contribution in [3.8, 4) is 0 Å². The predicted molar refractivity (Wildman–Crippen MR) is 82.7 cm³/mol. The van der Waals surface area contributed by atoms with Crippen LogP contribution in [0.5, 0.6) is 0 Å². The fourth-order valence-corrected chi connectivity index (χ4v) is 2.96. The molecule has 1 unspecified atom stereocenters. The summed E-state index contributed by atoms with van der Waals surface area (Å²) in [6.45, 7) is 7.85. The van der Waals surface area contributed by atoms with Crippen LogP contribution in [0.2, 0.25) is 0 Å². The van der Waals surface area contributed by atoms with Gasteiger partial charge in [-0.1, -0.05) is 39.0 Å². The molecule has 1 rings (SSSR count). The molecule has 0 aromatic heterocycles. The van der Waals surface area contributed by atoms with E-state index in [2.05, 4.69) is 17.1 Å². The number of unbranched alkanes of at least 4 members (excludes halogenated alkanes) is 5. The van der Waals surface area contributed by atoms with E-state index in [1.54, 1.807) is 7.11 Å². The van der Waals surface area contributed by atoms with Crippen LogP contribution in [-0.2, 0) is 4.74 Å². The third-order valence-electron chi connectivity index (χ3n) is 4.16. The lowest BCUT2D eigenvalue weighted by Crippen LogP contribution is -2.39. The average Bonchev–Trinajstić information content (AvgIpc) is 2.86. The van der Waals surface area contributed by atoms with E-state index in [1.807, 2.05) is 0 Å². The standard InChI is InChI=1S/C16H34N2O/c1-3-4-5-6-7-8-12-18-13-9-10-16(18)15-17-11-14-19-2/h16-17H,3-15H2,1-2H3. The van der Waals surface area contributed by atoms with Crippen molar-refractivity contribution in [1.29, 1.82) is 0 Å². The van der Waals surface area contributed by atoms with Crippen molar-refractivity contribution >= 4 is 0 Å². The van der Waals surface area contributed by atoms with E-state index in [4.69, 9.17) is 4.74 Å². The number of likely N-dealkylation sites (tertiary alicyclic amines) is 1. The normalized spacial score (nSPS) is 20.2. The van der Waals surface area contributed by atoms with Gasteiger partial charge in [0.05, 0.1) is 6.61 Å². The zero-order chi connectivity index (χ0) is 13.8. The van der Waals surface area contributed by atoms with Crippen molar-refractivity contribution < 1.29 is 4.74 Å². The quantitative estimate of drug-likeness (QED) is 0.552. The Labute approximate surface area is 120 Å². The van der Waals surface area contributed by atoms with Gasteiger partial charge in [0.1, 0.15) is 0 Å². The minimum atomic E-state index is 0.771. The molecule has 3 heteroatoms. The molecule has 1 atom stereocenters. The molecule has 0 aromatic rings. The van der Waals surface area contributed by atoms with Gasteiger partial charge in [-0.15, -0.1) is 0 Å². The molecule has 0 amide bonds. The van der Waals surface area contributed by atoms with E-state index in [0.29, 0.717) is 0 Å². The third kappa shape index (κ3) is 7.91. The molecule has 0 saturated carbocycles. The van der Waals surface area contributed by atoms with Crippen LogP contribution in [0.1, 0.15) is 58.3 Å². The SMILES string of the molecule is CCCCCCCCN1CCCC1CNCCOC. The maximum Gasteiger partial charge on any atom is 0.0587 e. The number of hydrogen-bond donors (Lipinski definition) is 1. The molecule has 1 N–H and O–H groups in total. The monoisotopic (exact) mass is 270 g/mol. The first kappa shape index (κ1) is 16.9. The number of ether oxygens (including phenoxy) is 1. The van der Waals surface area contributed by atoms with Crippen molar-refractivity contribution in [2.24, 2.45) is 0 Å². The van der Waals surface area contributed by atoms with Crippen LogP contribution < -0.4 is 5.32 Å². The van der Waals surface area contributed by atoms with Crippen LogP contribution in [0.3, 0.4) is 0 Å². The number of nitrogens with zero attached hydrogens (tertiary/aromatic N) is 1. The average molecular weight is 270 g/mol. The lowest BCUT2D eigenvalue weighted by Gasteiger charge is -2.24. The van der Waals surface area contributed by atoms with Crippen molar-refractivity contribution in [1.82, 2.24) is 10.2 Å². The van der Waals surface area contributed by atoms with Crippen LogP contribution in [0.15, 0.2) is 0 Å². The lowest BCUT2D eigenvalue weighted by atomic mass is 10.1. The molecule has 0 aromatic carbocycles. The van der Waals surface area contributed by atoms with E-state index in [-0.39, 0.29) is 0 Å². The minimum Gasteiger partial charge on any atom is -0.383 e. The Morgan fingerprint density at radius 1 is 1.16 bits per heavy atom. The predicted octanol–water partition coefficient (Wildman–Crippen LogP) is 3.05. The summed E-state index contributed by atoms with van der Waals surface area (Å²) < 4.78 is 5.07. The van der Waals surface area contributed by atoms with Gasteiger partial charge >= 0.3 is 0 Å². The summed E-state index contributed by atoms with van der Waals surface area (Å²) in [6.07, 6.45) is 11.2. The fourth-order valence-electron chi connectivity index (χ4n) is 2.96. The molecular formula is C16H34N2O. The van der Waals surface area contributed by atoms with Crippen LogP contribution >= 0.6 is 0 Å². The summed E-state index contributed by atoms with van der Waals surface area (Å²) in [7, 11) is 1.77. The van der Waals surface area contributed by atoms with E-state index in [1.165, 1.54) is 64.5 Å². The molecule has 1 heterocycles. The molecule has 19 heavy (non-hydrogen) atoms. The largest absolute Gasteiger partial charge is 0.383 e. The van der Waals surface area contributed by atoms with Gasteiger partial charge < -0.3 is 10.1 Å². The molecule has 0 radical (unpaired) electrons. The summed E-state index contributed by atoms with van der Waals surface area (Å²) in [4.78, 5) is 2.69. The second-order valence-electron chi connectivity index (χ2n) is 5.80. The van der Waals surface area contributed by atoms with Crippen molar-refractivity contribution in [2.45, 2.75) is 64.3 Å². The minimum absolute atomic E-state index is 0.771. The van der Waals surface area contributed by atoms with Gasteiger partial charge in [-0.05, 0) is 32.4 Å². The van der Waals surface area contributed by atoms with Gasteiger partial charge in [-0.2, -0.15) is 0 Å².